The second kappa shape index (κ2) is 10.9. The van der Waals surface area contributed by atoms with Gasteiger partial charge >= 0.3 is 6.18 Å². The van der Waals surface area contributed by atoms with Gasteiger partial charge in [0.15, 0.2) is 5.69 Å². The van der Waals surface area contributed by atoms with Gasteiger partial charge in [0.25, 0.3) is 5.91 Å². The monoisotopic (exact) mass is 515 g/mol. The molecule has 0 atom stereocenters. The van der Waals surface area contributed by atoms with E-state index in [1.807, 2.05) is 48.3 Å². The van der Waals surface area contributed by atoms with E-state index >= 15 is 0 Å². The fraction of sp³-hybridized carbons (Fsp3) is 0.231. The number of rotatable bonds is 9. The molecule has 6 nitrogen and oxygen atoms in total. The molecular weight excluding hydrogens is 491 g/mol. The number of alkyl halides is 3. The topological polar surface area (TPSA) is 67.6 Å². The highest BCUT2D eigenvalue weighted by Gasteiger charge is 2.40. The number of anilines is 1. The van der Waals surface area contributed by atoms with Crippen LogP contribution in [-0.4, -0.2) is 31.6 Å². The fourth-order valence-electron chi connectivity index (χ4n) is 3.68. The summed E-state index contributed by atoms with van der Waals surface area (Å²) in [5, 5.41) is 2.68. The standard InChI is InChI=1S/C26H24F3N3O3S/c1-32(16-19-9-6-14-35-19)18-8-5-7-17(15-18)12-13-30-24(33)22-23(26(27,28)29)31-25(36-22)20-10-3-4-11-21(20)34-2/h3-11,14-15H,12-13,16H2,1-2H3,(H,30,33). The number of nitrogens with one attached hydrogen (secondary N) is 1. The number of hydrogen-bond acceptors (Lipinski definition) is 6. The number of thiazole rings is 1. The lowest BCUT2D eigenvalue weighted by Gasteiger charge is -2.18. The lowest BCUT2D eigenvalue weighted by molar-refractivity contribution is -0.141. The molecule has 0 fully saturated rings. The van der Waals surface area contributed by atoms with Crippen molar-refractivity contribution in [1.29, 1.82) is 0 Å². The molecule has 0 saturated carbocycles. The van der Waals surface area contributed by atoms with Crippen LogP contribution in [0.3, 0.4) is 0 Å². The lowest BCUT2D eigenvalue weighted by Crippen LogP contribution is -2.27. The number of amides is 1. The van der Waals surface area contributed by atoms with Gasteiger partial charge in [0, 0.05) is 19.3 Å². The van der Waals surface area contributed by atoms with Crippen molar-refractivity contribution in [3.63, 3.8) is 0 Å². The number of ether oxygens (including phenoxy) is 1. The average molecular weight is 516 g/mol. The van der Waals surface area contributed by atoms with Crippen LogP contribution in [0.2, 0.25) is 0 Å². The molecule has 36 heavy (non-hydrogen) atoms. The molecule has 10 heteroatoms. The van der Waals surface area contributed by atoms with E-state index in [1.165, 1.54) is 7.11 Å². The summed E-state index contributed by atoms with van der Waals surface area (Å²) < 4.78 is 51.7. The highest BCUT2D eigenvalue weighted by atomic mass is 32.1. The minimum atomic E-state index is -4.77. The van der Waals surface area contributed by atoms with Crippen LogP contribution in [0.15, 0.2) is 71.3 Å². The van der Waals surface area contributed by atoms with Gasteiger partial charge in [-0.15, -0.1) is 11.3 Å². The number of benzene rings is 2. The molecule has 0 aliphatic heterocycles. The minimum Gasteiger partial charge on any atom is -0.496 e. The van der Waals surface area contributed by atoms with E-state index in [4.69, 9.17) is 9.15 Å². The van der Waals surface area contributed by atoms with E-state index in [9.17, 15) is 18.0 Å². The number of furan rings is 1. The van der Waals surface area contributed by atoms with Crippen LogP contribution in [0.4, 0.5) is 18.9 Å². The van der Waals surface area contributed by atoms with Crippen LogP contribution in [0, 0.1) is 0 Å². The molecule has 1 N–H and O–H groups in total. The maximum Gasteiger partial charge on any atom is 0.435 e. The molecule has 1 amide bonds. The van der Waals surface area contributed by atoms with E-state index in [2.05, 4.69) is 10.3 Å². The van der Waals surface area contributed by atoms with E-state index in [1.54, 1.807) is 30.5 Å². The van der Waals surface area contributed by atoms with Gasteiger partial charge in [-0.25, -0.2) is 4.98 Å². The second-order valence-corrected chi connectivity index (χ2v) is 9.01. The van der Waals surface area contributed by atoms with Crippen LogP contribution < -0.4 is 15.0 Å². The Labute approximate surface area is 210 Å². The summed E-state index contributed by atoms with van der Waals surface area (Å²) in [7, 11) is 3.36. The smallest absolute Gasteiger partial charge is 0.435 e. The Morgan fingerprint density at radius 1 is 1.14 bits per heavy atom. The first-order valence-electron chi connectivity index (χ1n) is 11.1. The summed E-state index contributed by atoms with van der Waals surface area (Å²) >= 11 is 0.693. The number of methoxy groups -OCH3 is 1. The first kappa shape index (κ1) is 25.3. The Morgan fingerprint density at radius 2 is 1.94 bits per heavy atom. The Bertz CT molecular complexity index is 1320. The number of para-hydroxylation sites is 1. The predicted octanol–water partition coefficient (Wildman–Crippen LogP) is 6.04. The third kappa shape index (κ3) is 5.88. The van der Waals surface area contributed by atoms with Crippen LogP contribution in [0.1, 0.15) is 26.7 Å². The number of carbonyl (C=O) groups excluding carboxylic acids is 1. The van der Waals surface area contributed by atoms with Crippen molar-refractivity contribution in [2.45, 2.75) is 19.1 Å². The third-order valence-corrected chi connectivity index (χ3v) is 6.55. The van der Waals surface area contributed by atoms with Crippen molar-refractivity contribution in [3.8, 4) is 16.3 Å². The van der Waals surface area contributed by atoms with Crippen molar-refractivity contribution in [2.24, 2.45) is 0 Å². The van der Waals surface area contributed by atoms with Crippen LogP contribution in [0.5, 0.6) is 5.75 Å². The van der Waals surface area contributed by atoms with Gasteiger partial charge < -0.3 is 19.4 Å². The Kier molecular flexibility index (Phi) is 7.64. The molecular formula is C26H24F3N3O3S. The van der Waals surface area contributed by atoms with Gasteiger partial charge in [-0.2, -0.15) is 13.2 Å². The zero-order valence-corrected chi connectivity index (χ0v) is 20.4. The Hall–Kier alpha value is -3.79. The van der Waals surface area contributed by atoms with Gasteiger partial charge in [0.1, 0.15) is 21.4 Å². The molecule has 2 heterocycles. The van der Waals surface area contributed by atoms with Crippen molar-refractivity contribution in [3.05, 3.63) is 88.8 Å². The fourth-order valence-corrected chi connectivity index (χ4v) is 4.71. The number of halogens is 3. The lowest BCUT2D eigenvalue weighted by atomic mass is 10.1. The second-order valence-electron chi connectivity index (χ2n) is 8.01. The quantitative estimate of drug-likeness (QED) is 0.294. The molecule has 0 aliphatic carbocycles. The average Bonchev–Trinajstić information content (AvgIpc) is 3.54. The van der Waals surface area contributed by atoms with Gasteiger partial charge in [-0.1, -0.05) is 24.3 Å². The first-order chi connectivity index (χ1) is 17.3. The first-order valence-corrected chi connectivity index (χ1v) is 11.9. The van der Waals surface area contributed by atoms with Crippen LogP contribution in [-0.2, 0) is 19.1 Å². The van der Waals surface area contributed by atoms with Gasteiger partial charge in [0.05, 0.1) is 25.5 Å². The zero-order chi connectivity index (χ0) is 25.7. The normalized spacial score (nSPS) is 11.4. The maximum atomic E-state index is 13.7. The third-order valence-electron chi connectivity index (χ3n) is 5.46. The zero-order valence-electron chi connectivity index (χ0n) is 19.6. The summed E-state index contributed by atoms with van der Waals surface area (Å²) in [6, 6.07) is 18.1. The van der Waals surface area contributed by atoms with Crippen molar-refractivity contribution in [1.82, 2.24) is 10.3 Å². The van der Waals surface area contributed by atoms with E-state index in [0.29, 0.717) is 35.6 Å². The maximum absolute atomic E-state index is 13.7. The molecule has 0 unspecified atom stereocenters. The molecule has 2 aromatic carbocycles. The van der Waals surface area contributed by atoms with Crippen molar-refractivity contribution in [2.75, 3.05) is 25.6 Å². The van der Waals surface area contributed by atoms with E-state index in [0.717, 1.165) is 17.0 Å². The summed E-state index contributed by atoms with van der Waals surface area (Å²) in [5.41, 5.74) is 1.09. The van der Waals surface area contributed by atoms with Gasteiger partial charge in [-0.05, 0) is 48.4 Å². The number of carbonyl (C=O) groups is 1. The Morgan fingerprint density at radius 3 is 2.67 bits per heavy atom. The highest BCUT2D eigenvalue weighted by molar-refractivity contribution is 7.17. The molecule has 0 saturated heterocycles. The summed E-state index contributed by atoms with van der Waals surface area (Å²) in [6.07, 6.45) is -2.70. The molecule has 0 spiro atoms. The molecule has 4 aromatic rings. The number of hydrogen-bond donors (Lipinski definition) is 1. The minimum absolute atomic E-state index is 0.0669. The van der Waals surface area contributed by atoms with Crippen LogP contribution >= 0.6 is 11.3 Å². The van der Waals surface area contributed by atoms with E-state index in [-0.39, 0.29) is 11.6 Å². The van der Waals surface area contributed by atoms with Crippen molar-refractivity contribution >= 4 is 22.9 Å². The molecule has 0 bridgehead atoms. The highest BCUT2D eigenvalue weighted by Crippen LogP contribution is 2.40. The SMILES string of the molecule is COc1ccccc1-c1nc(C(F)(F)F)c(C(=O)NCCc2cccc(N(C)Cc3ccco3)c2)s1. The van der Waals surface area contributed by atoms with E-state index < -0.39 is 22.7 Å². The van der Waals surface area contributed by atoms with Crippen LogP contribution in [0.25, 0.3) is 10.6 Å². The summed E-state index contributed by atoms with van der Waals surface area (Å²) in [6.45, 7) is 0.761. The number of nitrogens with zero attached hydrogens (tertiary/aromatic N) is 2. The summed E-state index contributed by atoms with van der Waals surface area (Å²) in [5.74, 6) is 0.392. The van der Waals surface area contributed by atoms with Gasteiger partial charge in [-0.3, -0.25) is 4.79 Å². The predicted molar refractivity (Wildman–Crippen MR) is 132 cm³/mol. The molecule has 188 valence electrons. The Balaban J connectivity index is 1.45. The van der Waals surface area contributed by atoms with Gasteiger partial charge in [0.2, 0.25) is 0 Å². The molecule has 0 radical (unpaired) electrons. The molecule has 2 aromatic heterocycles. The molecule has 0 aliphatic rings. The van der Waals surface area contributed by atoms with Crippen molar-refractivity contribution < 1.29 is 27.1 Å². The summed E-state index contributed by atoms with van der Waals surface area (Å²) in [4.78, 5) is 18.1. The molecule has 4 rings (SSSR count). The largest absolute Gasteiger partial charge is 0.496 e. The number of aromatic nitrogens is 1.